The number of rotatable bonds is 4. The summed E-state index contributed by atoms with van der Waals surface area (Å²) < 4.78 is 10.7. The van der Waals surface area contributed by atoms with Crippen LogP contribution in [-0.4, -0.2) is 36.8 Å². The Morgan fingerprint density at radius 1 is 1.48 bits per heavy atom. The molecule has 1 aromatic heterocycles. The number of aromatic nitrogens is 2. The summed E-state index contributed by atoms with van der Waals surface area (Å²) in [6.45, 7) is 0.534. The fraction of sp³-hybridized carbons (Fsp3) is 0.400. The molecule has 1 N–H and O–H groups in total. The molecule has 2 aromatic rings. The first kappa shape index (κ1) is 15.6. The SMILES string of the molecule is CN(C)c1noc(CNC(=O)[C@H]2COc3ccc(Cl)cc3C2)n1. The zero-order valence-corrected chi connectivity index (χ0v) is 13.6. The van der Waals surface area contributed by atoms with Gasteiger partial charge in [-0.25, -0.2) is 0 Å². The summed E-state index contributed by atoms with van der Waals surface area (Å²) in [4.78, 5) is 18.2. The van der Waals surface area contributed by atoms with Gasteiger partial charge in [-0.05, 0) is 35.3 Å². The van der Waals surface area contributed by atoms with Crippen molar-refractivity contribution in [2.45, 2.75) is 13.0 Å². The lowest BCUT2D eigenvalue weighted by Gasteiger charge is -2.24. The van der Waals surface area contributed by atoms with Crippen LogP contribution in [0.1, 0.15) is 11.5 Å². The van der Waals surface area contributed by atoms with E-state index in [2.05, 4.69) is 15.5 Å². The molecule has 0 unspecified atom stereocenters. The lowest BCUT2D eigenvalue weighted by atomic mass is 9.96. The molecule has 8 heteroatoms. The summed E-state index contributed by atoms with van der Waals surface area (Å²) in [7, 11) is 3.63. The highest BCUT2D eigenvalue weighted by Crippen LogP contribution is 2.29. The number of nitrogens with zero attached hydrogens (tertiary/aromatic N) is 3. The molecule has 1 aromatic carbocycles. The van der Waals surface area contributed by atoms with Crippen molar-refractivity contribution < 1.29 is 14.1 Å². The fourth-order valence-electron chi connectivity index (χ4n) is 2.34. The second-order valence-electron chi connectivity index (χ2n) is 5.56. The molecular formula is C15H17ClN4O3. The molecule has 1 amide bonds. The van der Waals surface area contributed by atoms with Crippen molar-refractivity contribution in [1.29, 1.82) is 0 Å². The number of hydrogen-bond acceptors (Lipinski definition) is 6. The number of fused-ring (bicyclic) bond motifs is 1. The number of nitrogens with one attached hydrogen (secondary N) is 1. The fourth-order valence-corrected chi connectivity index (χ4v) is 2.53. The number of halogens is 1. The number of carbonyl (C=O) groups excluding carboxylic acids is 1. The molecule has 0 radical (unpaired) electrons. The molecule has 0 bridgehead atoms. The van der Waals surface area contributed by atoms with E-state index in [0.29, 0.717) is 29.9 Å². The topological polar surface area (TPSA) is 80.5 Å². The molecule has 0 saturated carbocycles. The summed E-state index contributed by atoms with van der Waals surface area (Å²) >= 11 is 5.99. The third-order valence-electron chi connectivity index (χ3n) is 3.57. The van der Waals surface area contributed by atoms with E-state index in [1.165, 1.54) is 0 Å². The molecule has 122 valence electrons. The zero-order chi connectivity index (χ0) is 16.4. The third-order valence-corrected chi connectivity index (χ3v) is 3.81. The number of ether oxygens (including phenoxy) is 1. The highest BCUT2D eigenvalue weighted by molar-refractivity contribution is 6.30. The van der Waals surface area contributed by atoms with Crippen molar-refractivity contribution in [2.75, 3.05) is 25.6 Å². The molecule has 1 aliphatic rings. The Hall–Kier alpha value is -2.28. The van der Waals surface area contributed by atoms with Crippen molar-refractivity contribution in [1.82, 2.24) is 15.5 Å². The van der Waals surface area contributed by atoms with Gasteiger partial charge >= 0.3 is 0 Å². The number of amides is 1. The average molecular weight is 337 g/mol. The molecule has 0 aliphatic carbocycles. The van der Waals surface area contributed by atoms with Crippen LogP contribution in [0.5, 0.6) is 5.75 Å². The van der Waals surface area contributed by atoms with Crippen LogP contribution in [0.15, 0.2) is 22.7 Å². The first-order valence-electron chi connectivity index (χ1n) is 7.22. The molecule has 23 heavy (non-hydrogen) atoms. The first-order chi connectivity index (χ1) is 11.0. The predicted molar refractivity (Wildman–Crippen MR) is 84.6 cm³/mol. The highest BCUT2D eigenvalue weighted by atomic mass is 35.5. The van der Waals surface area contributed by atoms with Crippen molar-refractivity contribution in [3.8, 4) is 5.75 Å². The molecule has 3 rings (SSSR count). The van der Waals surface area contributed by atoms with Crippen LogP contribution in [0.2, 0.25) is 5.02 Å². The van der Waals surface area contributed by atoms with Crippen LogP contribution in [-0.2, 0) is 17.8 Å². The summed E-state index contributed by atoms with van der Waals surface area (Å²) in [5, 5.41) is 7.23. The van der Waals surface area contributed by atoms with Gasteiger partial charge in [0, 0.05) is 19.1 Å². The molecule has 1 atom stereocenters. The normalized spacial score (nSPS) is 16.4. The Balaban J connectivity index is 1.58. The van der Waals surface area contributed by atoms with Crippen LogP contribution < -0.4 is 15.0 Å². The second kappa shape index (κ2) is 6.45. The maximum atomic E-state index is 12.3. The Bertz CT molecular complexity index is 716. The average Bonchev–Trinajstić information content (AvgIpc) is 3.01. The van der Waals surface area contributed by atoms with E-state index in [-0.39, 0.29) is 18.4 Å². The maximum Gasteiger partial charge on any atom is 0.265 e. The molecule has 1 aliphatic heterocycles. The van der Waals surface area contributed by atoms with Crippen LogP contribution in [0.4, 0.5) is 5.95 Å². The lowest BCUT2D eigenvalue weighted by Crippen LogP contribution is -2.37. The van der Waals surface area contributed by atoms with Crippen LogP contribution in [0.3, 0.4) is 0 Å². The second-order valence-corrected chi connectivity index (χ2v) is 6.00. The Labute approximate surface area is 138 Å². The van der Waals surface area contributed by atoms with Gasteiger partial charge in [-0.3, -0.25) is 4.79 Å². The number of anilines is 1. The van der Waals surface area contributed by atoms with Gasteiger partial charge in [-0.1, -0.05) is 11.6 Å². The largest absolute Gasteiger partial charge is 0.492 e. The van der Waals surface area contributed by atoms with Gasteiger partial charge in [-0.2, -0.15) is 4.98 Å². The predicted octanol–water partition coefficient (Wildman–Crippen LogP) is 1.66. The van der Waals surface area contributed by atoms with Crippen LogP contribution in [0.25, 0.3) is 0 Å². The van der Waals surface area contributed by atoms with Crippen molar-refractivity contribution >= 4 is 23.5 Å². The Kier molecular flexibility index (Phi) is 4.38. The van der Waals surface area contributed by atoms with E-state index in [9.17, 15) is 4.79 Å². The van der Waals surface area contributed by atoms with E-state index in [1.807, 2.05) is 26.2 Å². The van der Waals surface area contributed by atoms with E-state index < -0.39 is 0 Å². The molecule has 7 nitrogen and oxygen atoms in total. The van der Waals surface area contributed by atoms with Crippen LogP contribution >= 0.6 is 11.6 Å². The zero-order valence-electron chi connectivity index (χ0n) is 12.9. The summed E-state index contributed by atoms with van der Waals surface area (Å²) in [6.07, 6.45) is 0.592. The third kappa shape index (κ3) is 3.56. The van der Waals surface area contributed by atoms with E-state index in [1.54, 1.807) is 11.0 Å². The van der Waals surface area contributed by atoms with Gasteiger partial charge in [0.05, 0.1) is 12.5 Å². The Morgan fingerprint density at radius 2 is 2.30 bits per heavy atom. The van der Waals surface area contributed by atoms with Gasteiger partial charge in [0.15, 0.2) is 0 Å². The molecule has 0 fully saturated rings. The van der Waals surface area contributed by atoms with E-state index in [4.69, 9.17) is 20.9 Å². The summed E-state index contributed by atoms with van der Waals surface area (Å²) in [5.41, 5.74) is 0.941. The van der Waals surface area contributed by atoms with E-state index in [0.717, 1.165) is 11.3 Å². The van der Waals surface area contributed by atoms with Crippen molar-refractivity contribution in [3.05, 3.63) is 34.7 Å². The minimum atomic E-state index is -0.266. The highest BCUT2D eigenvalue weighted by Gasteiger charge is 2.26. The van der Waals surface area contributed by atoms with Gasteiger partial charge in [-0.15, -0.1) is 0 Å². The Morgan fingerprint density at radius 3 is 3.04 bits per heavy atom. The standard InChI is InChI=1S/C15H17ClN4O3/c1-20(2)15-18-13(23-19-15)7-17-14(21)10-5-9-6-11(16)3-4-12(9)22-8-10/h3-4,6,10H,5,7-8H2,1-2H3,(H,17,21)/t10-/m1/s1. The van der Waals surface area contributed by atoms with Crippen molar-refractivity contribution in [3.63, 3.8) is 0 Å². The molecular weight excluding hydrogens is 320 g/mol. The van der Waals surface area contributed by atoms with Gasteiger partial charge in [0.2, 0.25) is 11.8 Å². The molecule has 0 saturated heterocycles. The number of hydrogen-bond donors (Lipinski definition) is 1. The van der Waals surface area contributed by atoms with Gasteiger partial charge in [0.1, 0.15) is 12.4 Å². The summed E-state index contributed by atoms with van der Waals surface area (Å²) in [6, 6.07) is 5.43. The van der Waals surface area contributed by atoms with Crippen molar-refractivity contribution in [2.24, 2.45) is 5.92 Å². The van der Waals surface area contributed by atoms with Gasteiger partial charge in [0.25, 0.3) is 5.95 Å². The smallest absolute Gasteiger partial charge is 0.265 e. The summed E-state index contributed by atoms with van der Waals surface area (Å²) in [5.74, 6) is 1.24. The maximum absolute atomic E-state index is 12.3. The molecule has 0 spiro atoms. The lowest BCUT2D eigenvalue weighted by molar-refractivity contribution is -0.126. The number of benzene rings is 1. The van der Waals surface area contributed by atoms with Gasteiger partial charge < -0.3 is 19.5 Å². The molecule has 2 heterocycles. The quantitative estimate of drug-likeness (QED) is 0.914. The number of carbonyl (C=O) groups is 1. The minimum absolute atomic E-state index is 0.111. The first-order valence-corrected chi connectivity index (χ1v) is 7.59. The van der Waals surface area contributed by atoms with Crippen LogP contribution in [0, 0.1) is 5.92 Å². The monoisotopic (exact) mass is 336 g/mol. The minimum Gasteiger partial charge on any atom is -0.492 e. The van der Waals surface area contributed by atoms with E-state index >= 15 is 0 Å².